The molecule has 0 aliphatic heterocycles. The molecule has 0 spiro atoms. The van der Waals surface area contributed by atoms with Gasteiger partial charge in [-0.15, -0.1) is 0 Å². The van der Waals surface area contributed by atoms with Crippen molar-refractivity contribution in [1.29, 1.82) is 0 Å². The SMILES string of the molecule is CCCOCCC(C)OC(=O)CC. The van der Waals surface area contributed by atoms with Crippen LogP contribution in [0.1, 0.15) is 40.0 Å². The van der Waals surface area contributed by atoms with Crippen LogP contribution < -0.4 is 0 Å². The standard InChI is InChI=1S/C10H20O3/c1-4-7-12-8-6-9(3)13-10(11)5-2/h9H,4-8H2,1-3H3. The molecule has 0 aliphatic rings. The Hall–Kier alpha value is -0.570. The van der Waals surface area contributed by atoms with Gasteiger partial charge in [0.2, 0.25) is 0 Å². The summed E-state index contributed by atoms with van der Waals surface area (Å²) in [5.41, 5.74) is 0. The van der Waals surface area contributed by atoms with Gasteiger partial charge in [0.15, 0.2) is 0 Å². The molecule has 0 rings (SSSR count). The predicted octanol–water partition coefficient (Wildman–Crippen LogP) is 2.14. The first-order valence-corrected chi connectivity index (χ1v) is 4.97. The van der Waals surface area contributed by atoms with E-state index in [9.17, 15) is 4.79 Å². The van der Waals surface area contributed by atoms with Crippen LogP contribution in [0, 0.1) is 0 Å². The molecule has 0 saturated heterocycles. The number of carbonyl (C=O) groups excluding carboxylic acids is 1. The second-order valence-corrected chi connectivity index (χ2v) is 3.06. The quantitative estimate of drug-likeness (QED) is 0.453. The Labute approximate surface area is 80.4 Å². The third-order valence-corrected chi connectivity index (χ3v) is 1.64. The summed E-state index contributed by atoms with van der Waals surface area (Å²) in [5.74, 6) is -0.136. The maximum Gasteiger partial charge on any atom is 0.305 e. The van der Waals surface area contributed by atoms with Gasteiger partial charge in [0.25, 0.3) is 0 Å². The molecule has 0 N–H and O–H groups in total. The molecule has 3 heteroatoms. The molecule has 78 valence electrons. The third kappa shape index (κ3) is 7.78. The van der Waals surface area contributed by atoms with Gasteiger partial charge in [-0.25, -0.2) is 0 Å². The Kier molecular flexibility index (Phi) is 7.69. The van der Waals surface area contributed by atoms with Crippen LogP contribution >= 0.6 is 0 Å². The Morgan fingerprint density at radius 3 is 2.54 bits per heavy atom. The zero-order chi connectivity index (χ0) is 10.1. The topological polar surface area (TPSA) is 35.5 Å². The van der Waals surface area contributed by atoms with Crippen LogP contribution in [0.2, 0.25) is 0 Å². The second-order valence-electron chi connectivity index (χ2n) is 3.06. The number of rotatable bonds is 7. The molecule has 0 aromatic heterocycles. The second kappa shape index (κ2) is 8.05. The summed E-state index contributed by atoms with van der Waals surface area (Å²) < 4.78 is 10.3. The van der Waals surface area contributed by atoms with Crippen molar-refractivity contribution in [3.8, 4) is 0 Å². The number of ether oxygens (including phenoxy) is 2. The molecule has 0 heterocycles. The summed E-state index contributed by atoms with van der Waals surface area (Å²) in [5, 5.41) is 0. The predicted molar refractivity (Wildman–Crippen MR) is 51.6 cm³/mol. The van der Waals surface area contributed by atoms with Crippen molar-refractivity contribution in [3.63, 3.8) is 0 Å². The van der Waals surface area contributed by atoms with Crippen molar-refractivity contribution in [2.75, 3.05) is 13.2 Å². The normalized spacial score (nSPS) is 12.5. The van der Waals surface area contributed by atoms with Crippen molar-refractivity contribution in [1.82, 2.24) is 0 Å². The van der Waals surface area contributed by atoms with E-state index < -0.39 is 0 Å². The van der Waals surface area contributed by atoms with Gasteiger partial charge in [0.1, 0.15) is 6.10 Å². The minimum absolute atomic E-state index is 0.0238. The summed E-state index contributed by atoms with van der Waals surface area (Å²) in [7, 11) is 0. The molecule has 0 bridgehead atoms. The first-order chi connectivity index (χ1) is 6.20. The van der Waals surface area contributed by atoms with Gasteiger partial charge < -0.3 is 9.47 Å². The van der Waals surface area contributed by atoms with Crippen LogP contribution in [-0.4, -0.2) is 25.3 Å². The van der Waals surface area contributed by atoms with Crippen molar-refractivity contribution in [2.24, 2.45) is 0 Å². The van der Waals surface area contributed by atoms with Gasteiger partial charge in [-0.1, -0.05) is 13.8 Å². The van der Waals surface area contributed by atoms with Crippen molar-refractivity contribution < 1.29 is 14.3 Å². The fourth-order valence-electron chi connectivity index (χ4n) is 0.862. The van der Waals surface area contributed by atoms with Crippen LogP contribution in [0.5, 0.6) is 0 Å². The average Bonchev–Trinajstić information content (AvgIpc) is 2.12. The lowest BCUT2D eigenvalue weighted by atomic mass is 10.3. The highest BCUT2D eigenvalue weighted by atomic mass is 16.5. The highest BCUT2D eigenvalue weighted by Crippen LogP contribution is 2.00. The van der Waals surface area contributed by atoms with Crippen LogP contribution in [0.25, 0.3) is 0 Å². The first kappa shape index (κ1) is 12.4. The lowest BCUT2D eigenvalue weighted by Gasteiger charge is -2.12. The molecule has 1 unspecified atom stereocenters. The van der Waals surface area contributed by atoms with Gasteiger partial charge in [-0.05, 0) is 13.3 Å². The van der Waals surface area contributed by atoms with E-state index in [1.165, 1.54) is 0 Å². The zero-order valence-corrected chi connectivity index (χ0v) is 8.84. The maximum absolute atomic E-state index is 10.8. The minimum atomic E-state index is -0.136. The molecular formula is C10H20O3. The molecule has 0 aliphatic carbocycles. The van der Waals surface area contributed by atoms with Crippen LogP contribution in [0.15, 0.2) is 0 Å². The molecule has 0 aromatic rings. The van der Waals surface area contributed by atoms with Gasteiger partial charge in [-0.2, -0.15) is 0 Å². The maximum atomic E-state index is 10.8. The highest BCUT2D eigenvalue weighted by Gasteiger charge is 2.06. The van der Waals surface area contributed by atoms with E-state index in [4.69, 9.17) is 9.47 Å². The molecule has 0 saturated carbocycles. The molecular weight excluding hydrogens is 168 g/mol. The first-order valence-electron chi connectivity index (χ1n) is 4.97. The monoisotopic (exact) mass is 188 g/mol. The van der Waals surface area contributed by atoms with E-state index in [2.05, 4.69) is 6.92 Å². The smallest absolute Gasteiger partial charge is 0.305 e. The Morgan fingerprint density at radius 1 is 1.31 bits per heavy atom. The largest absolute Gasteiger partial charge is 0.463 e. The third-order valence-electron chi connectivity index (χ3n) is 1.64. The number of hydrogen-bond donors (Lipinski definition) is 0. The van der Waals surface area contributed by atoms with Crippen LogP contribution in [-0.2, 0) is 14.3 Å². The molecule has 0 aromatic carbocycles. The van der Waals surface area contributed by atoms with Gasteiger partial charge in [0.05, 0.1) is 6.61 Å². The number of hydrogen-bond acceptors (Lipinski definition) is 3. The number of carbonyl (C=O) groups is 1. The molecule has 1 atom stereocenters. The molecule has 0 radical (unpaired) electrons. The van der Waals surface area contributed by atoms with Crippen molar-refractivity contribution in [2.45, 2.75) is 46.1 Å². The lowest BCUT2D eigenvalue weighted by Crippen LogP contribution is -2.16. The fourth-order valence-corrected chi connectivity index (χ4v) is 0.862. The summed E-state index contributed by atoms with van der Waals surface area (Å²) in [6, 6.07) is 0. The van der Waals surface area contributed by atoms with E-state index in [0.29, 0.717) is 13.0 Å². The van der Waals surface area contributed by atoms with Crippen molar-refractivity contribution >= 4 is 5.97 Å². The molecule has 0 amide bonds. The molecule has 3 nitrogen and oxygen atoms in total. The fraction of sp³-hybridized carbons (Fsp3) is 0.900. The summed E-state index contributed by atoms with van der Waals surface area (Å²) in [6.45, 7) is 7.21. The van der Waals surface area contributed by atoms with E-state index in [0.717, 1.165) is 19.4 Å². The Morgan fingerprint density at radius 2 is 2.00 bits per heavy atom. The summed E-state index contributed by atoms with van der Waals surface area (Å²) >= 11 is 0. The van der Waals surface area contributed by atoms with Gasteiger partial charge >= 0.3 is 5.97 Å². The minimum Gasteiger partial charge on any atom is -0.463 e. The highest BCUT2D eigenvalue weighted by molar-refractivity contribution is 5.69. The van der Waals surface area contributed by atoms with E-state index in [-0.39, 0.29) is 12.1 Å². The summed E-state index contributed by atoms with van der Waals surface area (Å²) in [4.78, 5) is 10.8. The van der Waals surface area contributed by atoms with Crippen LogP contribution in [0.4, 0.5) is 0 Å². The molecule has 13 heavy (non-hydrogen) atoms. The van der Waals surface area contributed by atoms with E-state index in [1.54, 1.807) is 6.92 Å². The molecule has 0 fully saturated rings. The van der Waals surface area contributed by atoms with Gasteiger partial charge in [-0.3, -0.25) is 4.79 Å². The summed E-state index contributed by atoms with van der Waals surface area (Å²) in [6.07, 6.45) is 2.24. The Balaban J connectivity index is 3.29. The van der Waals surface area contributed by atoms with Crippen LogP contribution in [0.3, 0.4) is 0 Å². The zero-order valence-electron chi connectivity index (χ0n) is 8.84. The number of esters is 1. The van der Waals surface area contributed by atoms with Gasteiger partial charge in [0, 0.05) is 19.4 Å². The van der Waals surface area contributed by atoms with Crippen molar-refractivity contribution in [3.05, 3.63) is 0 Å². The lowest BCUT2D eigenvalue weighted by molar-refractivity contribution is -0.148. The Bertz CT molecular complexity index is 134. The average molecular weight is 188 g/mol. The van der Waals surface area contributed by atoms with E-state index >= 15 is 0 Å². The van der Waals surface area contributed by atoms with E-state index in [1.807, 2.05) is 6.92 Å².